The molecule has 0 saturated carbocycles. The number of rotatable bonds is 4. The quantitative estimate of drug-likeness (QED) is 0.186. The summed E-state index contributed by atoms with van der Waals surface area (Å²) >= 11 is 0. The van der Waals surface area contributed by atoms with Gasteiger partial charge in [-0.05, 0) is 115 Å². The lowest BCUT2D eigenvalue weighted by Crippen LogP contribution is -1.97. The van der Waals surface area contributed by atoms with E-state index in [9.17, 15) is 8.78 Å². The van der Waals surface area contributed by atoms with E-state index < -0.39 is 0 Å². The van der Waals surface area contributed by atoms with Gasteiger partial charge in [0.15, 0.2) is 0 Å². The van der Waals surface area contributed by atoms with E-state index in [1.165, 1.54) is 35.0 Å². The lowest BCUT2D eigenvalue weighted by molar-refractivity contribution is 0.414. The third kappa shape index (κ3) is 4.06. The number of halogens is 2. The van der Waals surface area contributed by atoms with Crippen molar-refractivity contribution in [3.05, 3.63) is 132 Å². The highest BCUT2D eigenvalue weighted by atomic mass is 19.1. The molecule has 8 rings (SSSR count). The summed E-state index contributed by atoms with van der Waals surface area (Å²) in [5.41, 5.74) is 5.67. The molecule has 46 heavy (non-hydrogen) atoms. The molecule has 0 amide bonds. The third-order valence-corrected chi connectivity index (χ3v) is 9.47. The zero-order chi connectivity index (χ0) is 31.7. The maximum Gasteiger partial charge on any atom is 0.130 e. The van der Waals surface area contributed by atoms with E-state index in [-0.39, 0.29) is 11.6 Å². The Morgan fingerprint density at radius 1 is 0.435 bits per heavy atom. The molecular weight excluding hydrogens is 574 g/mol. The first-order chi connectivity index (χ1) is 22.4. The van der Waals surface area contributed by atoms with Gasteiger partial charge in [0.2, 0.25) is 0 Å². The Hall–Kier alpha value is -5.48. The zero-order valence-electron chi connectivity index (χ0n) is 26.0. The number of methoxy groups -OCH3 is 2. The minimum absolute atomic E-state index is 0.273. The Bertz CT molecular complexity index is 2340. The summed E-state index contributed by atoms with van der Waals surface area (Å²) < 4.78 is 39.9. The van der Waals surface area contributed by atoms with Crippen molar-refractivity contribution in [2.75, 3.05) is 14.2 Å². The maximum atomic E-state index is 13.9. The highest BCUT2D eigenvalue weighted by molar-refractivity contribution is 6.37. The highest BCUT2D eigenvalue weighted by Gasteiger charge is 2.22. The summed E-state index contributed by atoms with van der Waals surface area (Å²) in [5.74, 6) is 0.983. The number of hydrogen-bond acceptors (Lipinski definition) is 2. The van der Waals surface area contributed by atoms with Crippen LogP contribution in [0.5, 0.6) is 11.5 Å². The first-order valence-corrected chi connectivity index (χ1v) is 15.3. The topological polar surface area (TPSA) is 18.5 Å². The summed E-state index contributed by atoms with van der Waals surface area (Å²) in [7, 11) is 3.39. The fraction of sp³-hybridized carbons (Fsp3) is 0.0952. The van der Waals surface area contributed by atoms with Crippen LogP contribution in [0.2, 0.25) is 0 Å². The molecule has 0 aliphatic heterocycles. The standard InChI is InChI=1S/C42H30F2O2/c1-23-37-27(21-35(41(23)45-3)25-9-15-29(43)16-10-25)13-19-33-31-7-5-6-8-32(31)34-20-14-28-22-36(26-11-17-30(44)18-12-26)42(46-4)24(2)38(28)40(34)39(33)37/h5-22H,1-4H3. The Morgan fingerprint density at radius 3 is 1.20 bits per heavy atom. The van der Waals surface area contributed by atoms with E-state index >= 15 is 0 Å². The Labute approximate surface area is 265 Å². The predicted molar refractivity (Wildman–Crippen MR) is 187 cm³/mol. The summed E-state index contributed by atoms with van der Waals surface area (Å²) in [6.45, 7) is 4.22. The molecule has 0 bridgehead atoms. The van der Waals surface area contributed by atoms with Gasteiger partial charge in [-0.15, -0.1) is 0 Å². The van der Waals surface area contributed by atoms with E-state index in [1.807, 2.05) is 0 Å². The SMILES string of the molecule is COc1c(-c2ccc(F)cc2)cc2ccc3c4ccccc4c4ccc5cc(-c6ccc(F)cc6)c(OC)c(C)c5c4c3c2c1C. The molecule has 0 aliphatic rings. The van der Waals surface area contributed by atoms with Crippen molar-refractivity contribution >= 4 is 53.9 Å². The van der Waals surface area contributed by atoms with E-state index in [0.29, 0.717) is 0 Å². The predicted octanol–water partition coefficient (Wildman–Crippen LogP) is 11.7. The van der Waals surface area contributed by atoms with Crippen LogP contribution in [0.25, 0.3) is 76.1 Å². The monoisotopic (exact) mass is 604 g/mol. The van der Waals surface area contributed by atoms with Crippen LogP contribution in [0.3, 0.4) is 0 Å². The van der Waals surface area contributed by atoms with Crippen molar-refractivity contribution in [1.29, 1.82) is 0 Å². The van der Waals surface area contributed by atoms with Gasteiger partial charge in [0.1, 0.15) is 23.1 Å². The Morgan fingerprint density at radius 2 is 0.826 bits per heavy atom. The van der Waals surface area contributed by atoms with E-state index in [4.69, 9.17) is 9.47 Å². The molecule has 0 fully saturated rings. The van der Waals surface area contributed by atoms with Gasteiger partial charge in [0.05, 0.1) is 14.2 Å². The van der Waals surface area contributed by atoms with Crippen LogP contribution in [-0.4, -0.2) is 14.2 Å². The maximum absolute atomic E-state index is 13.9. The molecule has 8 aromatic rings. The largest absolute Gasteiger partial charge is 0.496 e. The lowest BCUT2D eigenvalue weighted by atomic mass is 9.84. The second kappa shape index (κ2) is 10.6. The van der Waals surface area contributed by atoms with E-state index in [1.54, 1.807) is 38.5 Å². The molecule has 0 N–H and O–H groups in total. The second-order valence-electron chi connectivity index (χ2n) is 11.9. The molecule has 0 radical (unpaired) electrons. The molecular formula is C42H30F2O2. The fourth-order valence-electron chi connectivity index (χ4n) is 7.49. The summed E-state index contributed by atoms with van der Waals surface area (Å²) in [4.78, 5) is 0. The average molecular weight is 605 g/mol. The van der Waals surface area contributed by atoms with Crippen molar-refractivity contribution in [2.45, 2.75) is 13.8 Å². The van der Waals surface area contributed by atoms with Crippen LogP contribution < -0.4 is 9.47 Å². The normalized spacial score (nSPS) is 11.7. The minimum Gasteiger partial charge on any atom is -0.496 e. The zero-order valence-corrected chi connectivity index (χ0v) is 26.0. The summed E-state index contributed by atoms with van der Waals surface area (Å²) in [5, 5.41) is 11.4. The van der Waals surface area contributed by atoms with Gasteiger partial charge in [-0.2, -0.15) is 0 Å². The van der Waals surface area contributed by atoms with Crippen LogP contribution in [0, 0.1) is 25.5 Å². The molecule has 2 nitrogen and oxygen atoms in total. The summed E-state index contributed by atoms with van der Waals surface area (Å²) in [6.07, 6.45) is 0. The average Bonchev–Trinajstić information content (AvgIpc) is 3.08. The molecule has 4 heteroatoms. The van der Waals surface area contributed by atoms with Crippen molar-refractivity contribution in [3.8, 4) is 33.8 Å². The van der Waals surface area contributed by atoms with Gasteiger partial charge in [-0.25, -0.2) is 8.78 Å². The van der Waals surface area contributed by atoms with E-state index in [2.05, 4.69) is 74.5 Å². The Balaban J connectivity index is 1.59. The molecule has 224 valence electrons. The van der Waals surface area contributed by atoms with Crippen LogP contribution in [0.15, 0.2) is 109 Å². The molecule has 0 saturated heterocycles. The number of benzene rings is 8. The van der Waals surface area contributed by atoms with Gasteiger partial charge in [0, 0.05) is 22.3 Å². The third-order valence-electron chi connectivity index (χ3n) is 9.47. The smallest absolute Gasteiger partial charge is 0.130 e. The van der Waals surface area contributed by atoms with Crippen molar-refractivity contribution in [1.82, 2.24) is 0 Å². The van der Waals surface area contributed by atoms with Gasteiger partial charge in [-0.1, -0.05) is 72.8 Å². The number of hydrogen-bond donors (Lipinski definition) is 0. The minimum atomic E-state index is -0.273. The molecule has 0 unspecified atom stereocenters. The van der Waals surface area contributed by atoms with Crippen molar-refractivity contribution in [3.63, 3.8) is 0 Å². The number of ether oxygens (including phenoxy) is 2. The first kappa shape index (κ1) is 28.0. The van der Waals surface area contributed by atoms with Crippen LogP contribution in [-0.2, 0) is 0 Å². The lowest BCUT2D eigenvalue weighted by Gasteiger charge is -2.21. The molecule has 0 atom stereocenters. The molecule has 0 aromatic heterocycles. The summed E-state index contributed by atoms with van der Waals surface area (Å²) in [6, 6.07) is 34.8. The fourth-order valence-corrected chi connectivity index (χ4v) is 7.49. The number of aryl methyl sites for hydroxylation is 2. The van der Waals surface area contributed by atoms with Gasteiger partial charge in [-0.3, -0.25) is 0 Å². The highest BCUT2D eigenvalue weighted by Crippen LogP contribution is 2.49. The molecule has 0 spiro atoms. The van der Waals surface area contributed by atoms with Crippen molar-refractivity contribution < 1.29 is 18.3 Å². The van der Waals surface area contributed by atoms with Crippen LogP contribution in [0.1, 0.15) is 11.1 Å². The molecule has 0 aliphatic carbocycles. The van der Waals surface area contributed by atoms with Gasteiger partial charge in [0.25, 0.3) is 0 Å². The van der Waals surface area contributed by atoms with Gasteiger partial charge >= 0.3 is 0 Å². The second-order valence-corrected chi connectivity index (χ2v) is 11.9. The van der Waals surface area contributed by atoms with Crippen molar-refractivity contribution in [2.24, 2.45) is 0 Å². The molecule has 0 heterocycles. The molecule has 8 aromatic carbocycles. The first-order valence-electron chi connectivity index (χ1n) is 15.3. The Kier molecular flexibility index (Phi) is 6.43. The number of fused-ring (bicyclic) bond motifs is 10. The van der Waals surface area contributed by atoms with Crippen LogP contribution in [0.4, 0.5) is 8.78 Å². The van der Waals surface area contributed by atoms with Crippen LogP contribution >= 0.6 is 0 Å². The van der Waals surface area contributed by atoms with Gasteiger partial charge < -0.3 is 9.47 Å². The van der Waals surface area contributed by atoms with E-state index in [0.717, 1.165) is 88.0 Å².